The van der Waals surface area contributed by atoms with E-state index in [0.29, 0.717) is 13.0 Å². The van der Waals surface area contributed by atoms with Crippen LogP contribution in [-0.4, -0.2) is 12.5 Å². The molecule has 1 unspecified atom stereocenters. The van der Waals surface area contributed by atoms with Crippen LogP contribution in [-0.2, 0) is 4.79 Å². The molecule has 0 bridgehead atoms. The molecule has 0 aliphatic heterocycles. The van der Waals surface area contributed by atoms with E-state index < -0.39 is 0 Å². The van der Waals surface area contributed by atoms with E-state index in [2.05, 4.69) is 6.07 Å². The van der Waals surface area contributed by atoms with Crippen molar-refractivity contribution < 1.29 is 4.79 Å². The zero-order valence-electron chi connectivity index (χ0n) is 10.4. The molecule has 0 saturated heterocycles. The number of rotatable bonds is 5. The minimum Gasteiger partial charge on any atom is -0.311 e. The van der Waals surface area contributed by atoms with Crippen molar-refractivity contribution in [1.82, 2.24) is 0 Å². The van der Waals surface area contributed by atoms with Crippen LogP contribution < -0.4 is 4.90 Å². The summed E-state index contributed by atoms with van der Waals surface area (Å²) < 4.78 is 0. The lowest BCUT2D eigenvalue weighted by Gasteiger charge is -2.24. The molecule has 0 spiro atoms. The third-order valence-corrected chi connectivity index (χ3v) is 2.82. The number of benzene rings is 1. The highest BCUT2D eigenvalue weighted by molar-refractivity contribution is 5.94. The number of amides is 1. The van der Waals surface area contributed by atoms with Crippen molar-refractivity contribution in [3.63, 3.8) is 0 Å². The van der Waals surface area contributed by atoms with E-state index in [1.165, 1.54) is 0 Å². The van der Waals surface area contributed by atoms with Gasteiger partial charge in [-0.05, 0) is 18.6 Å². The average molecular weight is 230 g/mol. The van der Waals surface area contributed by atoms with Crippen molar-refractivity contribution in [3.05, 3.63) is 30.3 Å². The van der Waals surface area contributed by atoms with Crippen molar-refractivity contribution >= 4 is 11.6 Å². The number of nitriles is 1. The summed E-state index contributed by atoms with van der Waals surface area (Å²) in [6.07, 6.45) is 1.17. The Morgan fingerprint density at radius 3 is 2.59 bits per heavy atom. The number of carbonyl (C=O) groups is 1. The summed E-state index contributed by atoms with van der Waals surface area (Å²) in [5, 5.41) is 8.65. The molecule has 0 radical (unpaired) electrons. The largest absolute Gasteiger partial charge is 0.311 e. The molecule has 90 valence electrons. The Kier molecular flexibility index (Phi) is 5.22. The summed E-state index contributed by atoms with van der Waals surface area (Å²) in [7, 11) is 0. The summed E-state index contributed by atoms with van der Waals surface area (Å²) in [5.41, 5.74) is 0.869. The van der Waals surface area contributed by atoms with Gasteiger partial charge in [-0.2, -0.15) is 5.26 Å². The standard InChI is InChI=1S/C14H18N2O/c1-3-12(2)14(17)16(11-7-10-15)13-8-5-4-6-9-13/h4-6,8-9,12H,3,7,11H2,1-2H3. The molecule has 1 atom stereocenters. The Morgan fingerprint density at radius 2 is 2.06 bits per heavy atom. The third kappa shape index (κ3) is 3.60. The molecule has 0 heterocycles. The predicted octanol–water partition coefficient (Wildman–Crippen LogP) is 2.98. The molecule has 3 nitrogen and oxygen atoms in total. The third-order valence-electron chi connectivity index (χ3n) is 2.82. The lowest BCUT2D eigenvalue weighted by atomic mass is 10.1. The molecule has 0 saturated carbocycles. The van der Waals surface area contributed by atoms with Crippen molar-refractivity contribution in [3.8, 4) is 6.07 Å². The van der Waals surface area contributed by atoms with Gasteiger partial charge >= 0.3 is 0 Å². The summed E-state index contributed by atoms with van der Waals surface area (Å²) >= 11 is 0. The molecule has 3 heteroatoms. The normalized spacial score (nSPS) is 11.6. The fourth-order valence-corrected chi connectivity index (χ4v) is 1.58. The first-order valence-electron chi connectivity index (χ1n) is 5.94. The van der Waals surface area contributed by atoms with Gasteiger partial charge in [-0.3, -0.25) is 4.79 Å². The second kappa shape index (κ2) is 6.70. The molecule has 1 amide bonds. The first-order chi connectivity index (χ1) is 8.20. The second-order valence-corrected chi connectivity index (χ2v) is 4.04. The van der Waals surface area contributed by atoms with Gasteiger partial charge in [0.25, 0.3) is 0 Å². The van der Waals surface area contributed by atoms with E-state index in [9.17, 15) is 4.79 Å². The van der Waals surface area contributed by atoms with Gasteiger partial charge in [-0.1, -0.05) is 32.0 Å². The Balaban J connectivity index is 2.89. The van der Waals surface area contributed by atoms with Crippen molar-refractivity contribution in [2.75, 3.05) is 11.4 Å². The number of hydrogen-bond acceptors (Lipinski definition) is 2. The van der Waals surface area contributed by atoms with Gasteiger partial charge in [-0.25, -0.2) is 0 Å². The maximum Gasteiger partial charge on any atom is 0.229 e. The Bertz CT molecular complexity index is 394. The van der Waals surface area contributed by atoms with Gasteiger partial charge < -0.3 is 4.90 Å². The Hall–Kier alpha value is -1.82. The van der Waals surface area contributed by atoms with Crippen LogP contribution in [0.3, 0.4) is 0 Å². The van der Waals surface area contributed by atoms with E-state index in [-0.39, 0.29) is 11.8 Å². The minimum atomic E-state index is -0.00565. The molecule has 1 aromatic carbocycles. The van der Waals surface area contributed by atoms with Gasteiger partial charge in [0, 0.05) is 18.2 Å². The van der Waals surface area contributed by atoms with Crippen LogP contribution in [0.4, 0.5) is 5.69 Å². The fraction of sp³-hybridized carbons (Fsp3) is 0.429. The fourth-order valence-electron chi connectivity index (χ4n) is 1.58. The van der Waals surface area contributed by atoms with Crippen molar-refractivity contribution in [2.24, 2.45) is 5.92 Å². The van der Waals surface area contributed by atoms with Crippen LogP contribution in [0.1, 0.15) is 26.7 Å². The maximum absolute atomic E-state index is 12.2. The van der Waals surface area contributed by atoms with Crippen molar-refractivity contribution in [2.45, 2.75) is 26.7 Å². The van der Waals surface area contributed by atoms with E-state index in [4.69, 9.17) is 5.26 Å². The van der Waals surface area contributed by atoms with Gasteiger partial charge in [0.2, 0.25) is 5.91 Å². The smallest absolute Gasteiger partial charge is 0.229 e. The molecule has 1 aromatic rings. The molecule has 0 N–H and O–H groups in total. The number of nitrogens with zero attached hydrogens (tertiary/aromatic N) is 2. The zero-order valence-corrected chi connectivity index (χ0v) is 10.4. The lowest BCUT2D eigenvalue weighted by molar-refractivity contribution is -0.121. The SMILES string of the molecule is CCC(C)C(=O)N(CCC#N)c1ccccc1. The molecule has 0 aliphatic rings. The molecule has 1 rings (SSSR count). The highest BCUT2D eigenvalue weighted by Crippen LogP contribution is 2.17. The number of anilines is 1. The topological polar surface area (TPSA) is 44.1 Å². The average Bonchev–Trinajstić information content (AvgIpc) is 2.39. The minimum absolute atomic E-state index is 0.00565. The zero-order chi connectivity index (χ0) is 12.7. The molecule has 0 fully saturated rings. The van der Waals surface area contributed by atoms with E-state index in [1.807, 2.05) is 44.2 Å². The Labute approximate surface area is 103 Å². The molecule has 0 aromatic heterocycles. The molecule has 0 aliphatic carbocycles. The molecule has 17 heavy (non-hydrogen) atoms. The molecular formula is C14H18N2O. The monoisotopic (exact) mass is 230 g/mol. The highest BCUT2D eigenvalue weighted by Gasteiger charge is 2.19. The van der Waals surface area contributed by atoms with Gasteiger partial charge in [0.05, 0.1) is 12.5 Å². The quantitative estimate of drug-likeness (QED) is 0.780. The van der Waals surface area contributed by atoms with E-state index >= 15 is 0 Å². The summed E-state index contributed by atoms with van der Waals surface area (Å²) in [6.45, 7) is 4.38. The van der Waals surface area contributed by atoms with Gasteiger partial charge in [0.1, 0.15) is 0 Å². The van der Waals surface area contributed by atoms with Crippen LogP contribution in [0.15, 0.2) is 30.3 Å². The van der Waals surface area contributed by atoms with Crippen LogP contribution in [0.5, 0.6) is 0 Å². The van der Waals surface area contributed by atoms with Gasteiger partial charge in [0.15, 0.2) is 0 Å². The van der Waals surface area contributed by atoms with Crippen molar-refractivity contribution in [1.29, 1.82) is 5.26 Å². The van der Waals surface area contributed by atoms with Crippen LogP contribution in [0, 0.1) is 17.2 Å². The van der Waals surface area contributed by atoms with Crippen LogP contribution in [0.2, 0.25) is 0 Å². The Morgan fingerprint density at radius 1 is 1.41 bits per heavy atom. The lowest BCUT2D eigenvalue weighted by Crippen LogP contribution is -2.35. The van der Waals surface area contributed by atoms with Crippen LogP contribution >= 0.6 is 0 Å². The van der Waals surface area contributed by atoms with Gasteiger partial charge in [-0.15, -0.1) is 0 Å². The number of carbonyl (C=O) groups excluding carboxylic acids is 1. The number of hydrogen-bond donors (Lipinski definition) is 0. The first-order valence-corrected chi connectivity index (χ1v) is 5.94. The van der Waals surface area contributed by atoms with Crippen LogP contribution in [0.25, 0.3) is 0 Å². The first kappa shape index (κ1) is 13.2. The summed E-state index contributed by atoms with van der Waals surface area (Å²) in [4.78, 5) is 13.9. The highest BCUT2D eigenvalue weighted by atomic mass is 16.2. The number of para-hydroxylation sites is 1. The summed E-state index contributed by atoms with van der Waals surface area (Å²) in [5.74, 6) is 0.0860. The maximum atomic E-state index is 12.2. The van der Waals surface area contributed by atoms with E-state index in [1.54, 1.807) is 4.90 Å². The predicted molar refractivity (Wildman–Crippen MR) is 68.5 cm³/mol. The molecular weight excluding hydrogens is 212 g/mol. The van der Waals surface area contributed by atoms with E-state index in [0.717, 1.165) is 12.1 Å². The summed E-state index contributed by atoms with van der Waals surface area (Å²) in [6, 6.07) is 11.6. The second-order valence-electron chi connectivity index (χ2n) is 4.04.